The minimum absolute atomic E-state index is 0.0554. The summed E-state index contributed by atoms with van der Waals surface area (Å²) in [6.07, 6.45) is 10.2. The summed E-state index contributed by atoms with van der Waals surface area (Å²) in [6.45, 7) is 4.57. The predicted octanol–water partition coefficient (Wildman–Crippen LogP) is 4.83. The molecule has 0 bridgehead atoms. The normalized spacial score (nSPS) is 20.2. The van der Waals surface area contributed by atoms with Crippen molar-refractivity contribution in [2.75, 3.05) is 7.11 Å². The minimum Gasteiger partial charge on any atom is -0.504 e. The van der Waals surface area contributed by atoms with Crippen LogP contribution in [0.3, 0.4) is 0 Å². The zero-order valence-corrected chi connectivity index (χ0v) is 16.6. The fourth-order valence-corrected chi connectivity index (χ4v) is 4.39. The summed E-state index contributed by atoms with van der Waals surface area (Å²) < 4.78 is 5.11. The quantitative estimate of drug-likeness (QED) is 0.662. The lowest BCUT2D eigenvalue weighted by Gasteiger charge is -2.34. The summed E-state index contributed by atoms with van der Waals surface area (Å²) in [4.78, 5) is 12.4. The maximum atomic E-state index is 12.4. The Morgan fingerprint density at radius 2 is 1.85 bits per heavy atom. The molecule has 4 heteroatoms. The molecule has 0 heterocycles. The third-order valence-electron chi connectivity index (χ3n) is 5.73. The van der Waals surface area contributed by atoms with Crippen LogP contribution in [0, 0.1) is 11.8 Å². The van der Waals surface area contributed by atoms with Crippen molar-refractivity contribution in [3.63, 3.8) is 0 Å². The minimum atomic E-state index is 0.0554. The summed E-state index contributed by atoms with van der Waals surface area (Å²) in [6, 6.07) is 5.39. The number of phenols is 1. The van der Waals surface area contributed by atoms with Gasteiger partial charge in [-0.3, -0.25) is 4.79 Å². The van der Waals surface area contributed by atoms with E-state index in [4.69, 9.17) is 4.74 Å². The van der Waals surface area contributed by atoms with Crippen LogP contribution >= 0.6 is 0 Å². The molecule has 0 atom stereocenters. The van der Waals surface area contributed by atoms with E-state index in [0.717, 1.165) is 30.2 Å². The predicted molar refractivity (Wildman–Crippen MR) is 106 cm³/mol. The van der Waals surface area contributed by atoms with Crippen molar-refractivity contribution in [2.24, 2.45) is 11.8 Å². The zero-order chi connectivity index (χ0) is 18.9. The van der Waals surface area contributed by atoms with E-state index in [-0.39, 0.29) is 11.7 Å². The van der Waals surface area contributed by atoms with Gasteiger partial charge in [0.2, 0.25) is 5.91 Å². The SMILES string of the molecule is CCCC(CCC)[C@H]1CC[C@H](NC(=O)Cc2ccc(O)c(OC)c2)CC1. The van der Waals surface area contributed by atoms with Gasteiger partial charge >= 0.3 is 0 Å². The van der Waals surface area contributed by atoms with Crippen molar-refractivity contribution in [3.05, 3.63) is 23.8 Å². The van der Waals surface area contributed by atoms with E-state index >= 15 is 0 Å². The Bertz CT molecular complexity index is 559. The van der Waals surface area contributed by atoms with Crippen LogP contribution in [0.5, 0.6) is 11.5 Å². The highest BCUT2D eigenvalue weighted by Gasteiger charge is 2.27. The first-order valence-corrected chi connectivity index (χ1v) is 10.2. The molecule has 1 aromatic carbocycles. The van der Waals surface area contributed by atoms with Crippen LogP contribution in [0.25, 0.3) is 0 Å². The molecule has 1 fully saturated rings. The van der Waals surface area contributed by atoms with Crippen LogP contribution < -0.4 is 10.1 Å². The average Bonchev–Trinajstić information content (AvgIpc) is 2.64. The number of hydrogen-bond acceptors (Lipinski definition) is 3. The number of rotatable bonds is 9. The Labute approximate surface area is 158 Å². The Morgan fingerprint density at radius 3 is 2.42 bits per heavy atom. The summed E-state index contributed by atoms with van der Waals surface area (Å²) in [7, 11) is 1.52. The number of carbonyl (C=O) groups excluding carboxylic acids is 1. The van der Waals surface area contributed by atoms with Crippen molar-refractivity contribution in [1.82, 2.24) is 5.32 Å². The van der Waals surface area contributed by atoms with E-state index < -0.39 is 0 Å². The molecule has 0 aromatic heterocycles. The fraction of sp³-hybridized carbons (Fsp3) is 0.682. The number of methoxy groups -OCH3 is 1. The molecule has 1 aliphatic rings. The number of nitrogens with one attached hydrogen (secondary N) is 1. The number of amides is 1. The zero-order valence-electron chi connectivity index (χ0n) is 16.6. The number of benzene rings is 1. The van der Waals surface area contributed by atoms with Gasteiger partial charge in [-0.05, 0) is 55.2 Å². The van der Waals surface area contributed by atoms with Gasteiger partial charge in [-0.25, -0.2) is 0 Å². The lowest BCUT2D eigenvalue weighted by atomic mass is 9.75. The molecule has 2 N–H and O–H groups in total. The van der Waals surface area contributed by atoms with E-state index in [1.54, 1.807) is 18.2 Å². The topological polar surface area (TPSA) is 58.6 Å². The Hall–Kier alpha value is -1.71. The van der Waals surface area contributed by atoms with Gasteiger partial charge in [-0.2, -0.15) is 0 Å². The smallest absolute Gasteiger partial charge is 0.224 e. The molecule has 0 saturated heterocycles. The van der Waals surface area contributed by atoms with Crippen molar-refractivity contribution in [1.29, 1.82) is 0 Å². The molecular formula is C22H35NO3. The average molecular weight is 362 g/mol. The Balaban J connectivity index is 1.80. The van der Waals surface area contributed by atoms with Gasteiger partial charge in [-0.15, -0.1) is 0 Å². The van der Waals surface area contributed by atoms with E-state index in [0.29, 0.717) is 18.2 Å². The molecule has 0 unspecified atom stereocenters. The summed E-state index contributed by atoms with van der Waals surface area (Å²) >= 11 is 0. The second-order valence-electron chi connectivity index (χ2n) is 7.70. The lowest BCUT2D eigenvalue weighted by Crippen LogP contribution is -2.39. The second kappa shape index (κ2) is 10.4. The third-order valence-corrected chi connectivity index (χ3v) is 5.73. The van der Waals surface area contributed by atoms with Crippen LogP contribution in [0.1, 0.15) is 70.8 Å². The third kappa shape index (κ3) is 5.93. The summed E-state index contributed by atoms with van der Waals surface area (Å²) in [5.74, 6) is 2.27. The second-order valence-corrected chi connectivity index (χ2v) is 7.70. The largest absolute Gasteiger partial charge is 0.504 e. The molecule has 0 radical (unpaired) electrons. The Kier molecular flexibility index (Phi) is 8.27. The summed E-state index contributed by atoms with van der Waals surface area (Å²) in [5, 5.41) is 12.9. The van der Waals surface area contributed by atoms with Crippen LogP contribution in [0.4, 0.5) is 0 Å². The number of carbonyl (C=O) groups is 1. The highest BCUT2D eigenvalue weighted by molar-refractivity contribution is 5.79. The van der Waals surface area contributed by atoms with Crippen molar-refractivity contribution < 1.29 is 14.6 Å². The van der Waals surface area contributed by atoms with Gasteiger partial charge in [0, 0.05) is 6.04 Å². The van der Waals surface area contributed by atoms with Gasteiger partial charge in [0.05, 0.1) is 13.5 Å². The van der Waals surface area contributed by atoms with Gasteiger partial charge in [0.25, 0.3) is 0 Å². The van der Waals surface area contributed by atoms with Crippen molar-refractivity contribution in [2.45, 2.75) is 77.7 Å². The van der Waals surface area contributed by atoms with Gasteiger partial charge < -0.3 is 15.2 Å². The highest BCUT2D eigenvalue weighted by atomic mass is 16.5. The van der Waals surface area contributed by atoms with Gasteiger partial charge in [-0.1, -0.05) is 45.6 Å². The first kappa shape index (κ1) is 20.6. The maximum absolute atomic E-state index is 12.4. The number of aromatic hydroxyl groups is 1. The maximum Gasteiger partial charge on any atom is 0.224 e. The number of phenolic OH excluding ortho intramolecular Hbond substituents is 1. The van der Waals surface area contributed by atoms with E-state index in [1.807, 2.05) is 0 Å². The van der Waals surface area contributed by atoms with Gasteiger partial charge in [0.1, 0.15) is 0 Å². The molecule has 1 saturated carbocycles. The van der Waals surface area contributed by atoms with E-state index in [2.05, 4.69) is 19.2 Å². The highest BCUT2D eigenvalue weighted by Crippen LogP contribution is 2.35. The molecule has 1 aromatic rings. The molecule has 2 rings (SSSR count). The van der Waals surface area contributed by atoms with Crippen molar-refractivity contribution in [3.8, 4) is 11.5 Å². The first-order chi connectivity index (χ1) is 12.6. The first-order valence-electron chi connectivity index (χ1n) is 10.2. The number of ether oxygens (including phenoxy) is 1. The Morgan fingerprint density at radius 1 is 1.19 bits per heavy atom. The van der Waals surface area contributed by atoms with Crippen LogP contribution in [0.15, 0.2) is 18.2 Å². The van der Waals surface area contributed by atoms with Crippen LogP contribution in [-0.4, -0.2) is 24.2 Å². The standard InChI is InChI=1S/C22H35NO3/c1-4-6-17(7-5-2)18-9-11-19(12-10-18)23-22(25)15-16-8-13-20(24)21(14-16)26-3/h8,13-14,17-19,24H,4-7,9-12,15H2,1-3H3,(H,23,25)/t18-,19-. The number of hydrogen-bond donors (Lipinski definition) is 2. The van der Waals surface area contributed by atoms with Gasteiger partial charge in [0.15, 0.2) is 11.5 Å². The lowest BCUT2D eigenvalue weighted by molar-refractivity contribution is -0.121. The monoisotopic (exact) mass is 361 g/mol. The molecular weight excluding hydrogens is 326 g/mol. The molecule has 0 spiro atoms. The van der Waals surface area contributed by atoms with E-state index in [1.165, 1.54) is 45.6 Å². The molecule has 4 nitrogen and oxygen atoms in total. The van der Waals surface area contributed by atoms with Crippen molar-refractivity contribution >= 4 is 5.91 Å². The molecule has 0 aliphatic heterocycles. The molecule has 1 aliphatic carbocycles. The molecule has 1 amide bonds. The van der Waals surface area contributed by atoms with E-state index in [9.17, 15) is 9.90 Å². The van der Waals surface area contributed by atoms with Crippen LogP contribution in [0.2, 0.25) is 0 Å². The molecule has 146 valence electrons. The molecule has 26 heavy (non-hydrogen) atoms. The fourth-order valence-electron chi connectivity index (χ4n) is 4.39. The van der Waals surface area contributed by atoms with Crippen LogP contribution in [-0.2, 0) is 11.2 Å². The summed E-state index contributed by atoms with van der Waals surface area (Å²) in [5.41, 5.74) is 0.858.